The van der Waals surface area contributed by atoms with Crippen LogP contribution in [0.25, 0.3) is 10.8 Å². The van der Waals surface area contributed by atoms with Crippen molar-refractivity contribution in [2.24, 2.45) is 0 Å². The third kappa shape index (κ3) is 4.52. The number of nitrogens with one attached hydrogen (secondary N) is 2. The first-order valence-corrected chi connectivity index (χ1v) is 8.93. The molecular weight excluding hydrogens is 372 g/mol. The van der Waals surface area contributed by atoms with Crippen molar-refractivity contribution >= 4 is 28.6 Å². The molecule has 0 aliphatic heterocycles. The second kappa shape index (κ2) is 8.88. The zero-order valence-electron chi connectivity index (χ0n) is 16.0. The Hall–Kier alpha value is -3.87. The number of fused-ring (bicyclic) bond motifs is 1. The summed E-state index contributed by atoms with van der Waals surface area (Å²) >= 11 is 0. The van der Waals surface area contributed by atoms with Crippen LogP contribution in [0.5, 0.6) is 5.75 Å². The number of methoxy groups -OCH3 is 1. The molecular formula is C22H20N2O5. The highest BCUT2D eigenvalue weighted by atomic mass is 16.5. The number of benzene rings is 3. The number of hydrogen-bond donors (Lipinski definition) is 2. The number of carbonyl (C=O) groups is 3. The van der Waals surface area contributed by atoms with Gasteiger partial charge in [0.05, 0.1) is 12.7 Å². The average molecular weight is 392 g/mol. The predicted octanol–water partition coefficient (Wildman–Crippen LogP) is 2.85. The Morgan fingerprint density at radius 3 is 2.17 bits per heavy atom. The van der Waals surface area contributed by atoms with Crippen LogP contribution in [-0.4, -0.2) is 31.0 Å². The fourth-order valence-corrected chi connectivity index (χ4v) is 2.79. The van der Waals surface area contributed by atoms with Gasteiger partial charge in [-0.2, -0.15) is 0 Å². The molecule has 2 amide bonds. The summed E-state index contributed by atoms with van der Waals surface area (Å²) in [5.41, 5.74) is 5.25. The number of amides is 2. The minimum Gasteiger partial charge on any atom is -0.496 e. The van der Waals surface area contributed by atoms with Crippen molar-refractivity contribution in [2.45, 2.75) is 13.0 Å². The highest BCUT2D eigenvalue weighted by Crippen LogP contribution is 2.28. The zero-order chi connectivity index (χ0) is 20.8. The van der Waals surface area contributed by atoms with Gasteiger partial charge in [0.15, 0.2) is 6.10 Å². The maximum absolute atomic E-state index is 12.6. The van der Waals surface area contributed by atoms with Crippen LogP contribution >= 0.6 is 0 Å². The van der Waals surface area contributed by atoms with Crippen molar-refractivity contribution < 1.29 is 23.9 Å². The molecule has 0 spiro atoms. The monoisotopic (exact) mass is 392 g/mol. The summed E-state index contributed by atoms with van der Waals surface area (Å²) in [6, 6.07) is 18.9. The van der Waals surface area contributed by atoms with Crippen molar-refractivity contribution in [3.63, 3.8) is 0 Å². The highest BCUT2D eigenvalue weighted by molar-refractivity contribution is 6.07. The van der Waals surface area contributed by atoms with Gasteiger partial charge >= 0.3 is 5.97 Å². The van der Waals surface area contributed by atoms with Crippen LogP contribution in [0, 0.1) is 0 Å². The van der Waals surface area contributed by atoms with Gasteiger partial charge in [0.25, 0.3) is 11.8 Å². The van der Waals surface area contributed by atoms with Crippen LogP contribution in [0.2, 0.25) is 0 Å². The van der Waals surface area contributed by atoms with Gasteiger partial charge in [0, 0.05) is 10.9 Å². The summed E-state index contributed by atoms with van der Waals surface area (Å²) in [5.74, 6) is -1.15. The van der Waals surface area contributed by atoms with Crippen LogP contribution in [0.3, 0.4) is 0 Å². The van der Waals surface area contributed by atoms with Crippen LogP contribution in [0.1, 0.15) is 27.6 Å². The fourth-order valence-electron chi connectivity index (χ4n) is 2.79. The van der Waals surface area contributed by atoms with Crippen LogP contribution in [0.4, 0.5) is 0 Å². The number of hydrazine groups is 1. The zero-order valence-corrected chi connectivity index (χ0v) is 16.0. The largest absolute Gasteiger partial charge is 0.496 e. The van der Waals surface area contributed by atoms with Crippen molar-refractivity contribution in [1.29, 1.82) is 0 Å². The molecule has 0 fully saturated rings. The van der Waals surface area contributed by atoms with Gasteiger partial charge in [0.2, 0.25) is 0 Å². The normalized spacial score (nSPS) is 11.4. The number of carbonyl (C=O) groups excluding carboxylic acids is 3. The van der Waals surface area contributed by atoms with Crippen LogP contribution in [-0.2, 0) is 9.53 Å². The summed E-state index contributed by atoms with van der Waals surface area (Å²) < 4.78 is 10.6. The van der Waals surface area contributed by atoms with E-state index in [1.54, 1.807) is 61.7 Å². The van der Waals surface area contributed by atoms with Crippen molar-refractivity contribution in [2.75, 3.05) is 7.11 Å². The van der Waals surface area contributed by atoms with E-state index in [0.717, 1.165) is 5.39 Å². The Labute approximate surface area is 167 Å². The summed E-state index contributed by atoms with van der Waals surface area (Å²) in [6.45, 7) is 1.42. The predicted molar refractivity (Wildman–Crippen MR) is 107 cm³/mol. The van der Waals surface area contributed by atoms with E-state index in [0.29, 0.717) is 22.3 Å². The smallest absolute Gasteiger partial charge is 0.339 e. The highest BCUT2D eigenvalue weighted by Gasteiger charge is 2.21. The molecule has 148 valence electrons. The molecule has 0 aliphatic carbocycles. The molecule has 3 rings (SSSR count). The molecule has 29 heavy (non-hydrogen) atoms. The Morgan fingerprint density at radius 1 is 0.828 bits per heavy atom. The lowest BCUT2D eigenvalue weighted by Crippen LogP contribution is -2.46. The number of esters is 1. The maximum Gasteiger partial charge on any atom is 0.339 e. The van der Waals surface area contributed by atoms with E-state index in [1.165, 1.54) is 6.92 Å². The minimum absolute atomic E-state index is 0.314. The summed E-state index contributed by atoms with van der Waals surface area (Å²) in [5, 5.41) is 1.42. The van der Waals surface area contributed by atoms with E-state index in [1.807, 2.05) is 12.1 Å². The topological polar surface area (TPSA) is 93.7 Å². The Bertz CT molecular complexity index is 1050. The fraction of sp³-hybridized carbons (Fsp3) is 0.136. The quantitative estimate of drug-likeness (QED) is 0.514. The van der Waals surface area contributed by atoms with E-state index in [9.17, 15) is 14.4 Å². The molecule has 2 N–H and O–H groups in total. The first-order valence-electron chi connectivity index (χ1n) is 8.93. The van der Waals surface area contributed by atoms with E-state index >= 15 is 0 Å². The molecule has 3 aromatic rings. The Kier molecular flexibility index (Phi) is 6.09. The molecule has 0 radical (unpaired) electrons. The third-order valence-corrected chi connectivity index (χ3v) is 4.31. The second-order valence-electron chi connectivity index (χ2n) is 6.22. The lowest BCUT2D eigenvalue weighted by atomic mass is 10.0. The van der Waals surface area contributed by atoms with Gasteiger partial charge in [0.1, 0.15) is 5.75 Å². The number of ether oxygens (including phenoxy) is 2. The lowest BCUT2D eigenvalue weighted by molar-refractivity contribution is -0.129. The molecule has 0 saturated carbocycles. The third-order valence-electron chi connectivity index (χ3n) is 4.31. The molecule has 3 aromatic carbocycles. The van der Waals surface area contributed by atoms with Gasteiger partial charge in [-0.25, -0.2) is 4.79 Å². The second-order valence-corrected chi connectivity index (χ2v) is 6.22. The van der Waals surface area contributed by atoms with Crippen molar-refractivity contribution in [1.82, 2.24) is 10.9 Å². The average Bonchev–Trinajstić information content (AvgIpc) is 2.76. The maximum atomic E-state index is 12.6. The molecule has 0 unspecified atom stereocenters. The number of rotatable bonds is 5. The molecule has 0 aromatic heterocycles. The van der Waals surface area contributed by atoms with Gasteiger partial charge in [-0.15, -0.1) is 0 Å². The lowest BCUT2D eigenvalue weighted by Gasteiger charge is -2.15. The van der Waals surface area contributed by atoms with Crippen LogP contribution < -0.4 is 15.6 Å². The molecule has 0 heterocycles. The van der Waals surface area contributed by atoms with E-state index in [2.05, 4.69) is 10.9 Å². The minimum atomic E-state index is -1.11. The molecule has 0 aliphatic rings. The molecule has 0 saturated heterocycles. The first kappa shape index (κ1) is 19.9. The summed E-state index contributed by atoms with van der Waals surface area (Å²) in [6.07, 6.45) is -1.11. The van der Waals surface area contributed by atoms with E-state index < -0.39 is 23.9 Å². The van der Waals surface area contributed by atoms with Gasteiger partial charge in [-0.3, -0.25) is 20.4 Å². The SMILES string of the molecule is COc1ccc(C(=O)O[C@@H](C)C(=O)NNC(=O)c2ccccc2)c2ccccc12. The van der Waals surface area contributed by atoms with E-state index in [-0.39, 0.29) is 0 Å². The molecule has 0 bridgehead atoms. The van der Waals surface area contributed by atoms with Crippen LogP contribution in [0.15, 0.2) is 66.7 Å². The van der Waals surface area contributed by atoms with Gasteiger partial charge in [-0.05, 0) is 36.6 Å². The molecule has 7 nitrogen and oxygen atoms in total. The number of hydrogen-bond acceptors (Lipinski definition) is 5. The Morgan fingerprint density at radius 2 is 1.48 bits per heavy atom. The van der Waals surface area contributed by atoms with Crippen molar-refractivity contribution in [3.05, 3.63) is 77.9 Å². The molecule has 1 atom stereocenters. The molecule has 7 heteroatoms. The summed E-state index contributed by atoms with van der Waals surface area (Å²) in [4.78, 5) is 36.8. The standard InChI is InChI=1S/C22H20N2O5/c1-14(20(25)23-24-21(26)15-8-4-3-5-9-15)29-22(27)18-12-13-19(28-2)17-11-7-6-10-16(17)18/h3-14H,1-2H3,(H,23,25)(H,24,26)/t14-/m0/s1. The van der Waals surface area contributed by atoms with Crippen molar-refractivity contribution in [3.8, 4) is 5.75 Å². The van der Waals surface area contributed by atoms with Gasteiger partial charge in [-0.1, -0.05) is 42.5 Å². The summed E-state index contributed by atoms with van der Waals surface area (Å²) in [7, 11) is 1.55. The Balaban J connectivity index is 1.65. The van der Waals surface area contributed by atoms with E-state index in [4.69, 9.17) is 9.47 Å². The first-order chi connectivity index (χ1) is 14.0. The van der Waals surface area contributed by atoms with Gasteiger partial charge < -0.3 is 9.47 Å².